The van der Waals surface area contributed by atoms with E-state index < -0.39 is 0 Å². The largest absolute Gasteiger partial charge is 0.325 e. The highest BCUT2D eigenvalue weighted by molar-refractivity contribution is 8.00. The van der Waals surface area contributed by atoms with Gasteiger partial charge >= 0.3 is 0 Å². The van der Waals surface area contributed by atoms with Crippen molar-refractivity contribution in [2.24, 2.45) is 0 Å². The number of rotatable bonds is 7. The van der Waals surface area contributed by atoms with E-state index in [0.717, 1.165) is 34.8 Å². The highest BCUT2D eigenvalue weighted by Gasteiger charge is 2.20. The van der Waals surface area contributed by atoms with Crippen molar-refractivity contribution in [1.29, 1.82) is 0 Å². The van der Waals surface area contributed by atoms with E-state index in [2.05, 4.69) is 34.3 Å². The number of hydrogen-bond acceptors (Lipinski definition) is 5. The Morgan fingerprint density at radius 2 is 2.00 bits per heavy atom. The molecular weight excluding hydrogens is 386 g/mol. The zero-order chi connectivity index (χ0) is 19.3. The van der Waals surface area contributed by atoms with E-state index in [1.165, 1.54) is 58.8 Å². The molecule has 1 aliphatic carbocycles. The number of thiophene rings is 1. The summed E-state index contributed by atoms with van der Waals surface area (Å²) in [5, 5.41) is 5.12. The third kappa shape index (κ3) is 4.39. The number of anilines is 1. The fourth-order valence-electron chi connectivity index (χ4n) is 3.64. The molecule has 0 atom stereocenters. The molecule has 2 aromatic heterocycles. The zero-order valence-electron chi connectivity index (χ0n) is 16.2. The van der Waals surface area contributed by atoms with E-state index in [-0.39, 0.29) is 5.91 Å². The van der Waals surface area contributed by atoms with Crippen molar-refractivity contribution in [3.63, 3.8) is 0 Å². The van der Waals surface area contributed by atoms with Gasteiger partial charge in [0, 0.05) is 16.0 Å². The first-order valence-corrected chi connectivity index (χ1v) is 11.8. The molecule has 3 aromatic rings. The van der Waals surface area contributed by atoms with E-state index in [4.69, 9.17) is 0 Å². The second kappa shape index (κ2) is 9.05. The number of fused-ring (bicyclic) bond motifs is 3. The Kier molecular flexibility index (Phi) is 6.27. The van der Waals surface area contributed by atoms with Crippen LogP contribution in [0.2, 0.25) is 0 Å². The summed E-state index contributed by atoms with van der Waals surface area (Å²) in [6.45, 7) is 2.20. The fraction of sp³-hybridized carbons (Fsp3) is 0.409. The molecule has 0 spiro atoms. The van der Waals surface area contributed by atoms with Gasteiger partial charge in [0.25, 0.3) is 0 Å². The zero-order valence-corrected chi connectivity index (χ0v) is 17.8. The molecule has 0 bridgehead atoms. The Balaban J connectivity index is 1.40. The van der Waals surface area contributed by atoms with Crippen molar-refractivity contribution < 1.29 is 4.79 Å². The summed E-state index contributed by atoms with van der Waals surface area (Å²) in [5.41, 5.74) is 3.59. The van der Waals surface area contributed by atoms with Gasteiger partial charge in [-0.2, -0.15) is 0 Å². The van der Waals surface area contributed by atoms with Crippen LogP contribution < -0.4 is 5.32 Å². The van der Waals surface area contributed by atoms with Crippen LogP contribution in [0.15, 0.2) is 35.6 Å². The molecule has 1 aliphatic rings. The molecule has 146 valence electrons. The smallest absolute Gasteiger partial charge is 0.234 e. The van der Waals surface area contributed by atoms with Gasteiger partial charge in [-0.3, -0.25) is 4.79 Å². The number of carbonyl (C=O) groups is 1. The molecule has 0 saturated carbocycles. The van der Waals surface area contributed by atoms with Gasteiger partial charge in [-0.05, 0) is 61.8 Å². The van der Waals surface area contributed by atoms with Gasteiger partial charge in [0.1, 0.15) is 16.2 Å². The van der Waals surface area contributed by atoms with Gasteiger partial charge in [0.05, 0.1) is 5.75 Å². The lowest BCUT2D eigenvalue weighted by Gasteiger charge is -2.11. The molecular formula is C22H25N3OS2. The summed E-state index contributed by atoms with van der Waals surface area (Å²) >= 11 is 3.31. The van der Waals surface area contributed by atoms with E-state index in [0.29, 0.717) is 5.75 Å². The molecule has 28 heavy (non-hydrogen) atoms. The lowest BCUT2D eigenvalue weighted by molar-refractivity contribution is -0.113. The average molecular weight is 412 g/mol. The van der Waals surface area contributed by atoms with E-state index >= 15 is 0 Å². The quantitative estimate of drug-likeness (QED) is 0.403. The Labute approximate surface area is 174 Å². The fourth-order valence-corrected chi connectivity index (χ4v) is 5.76. The summed E-state index contributed by atoms with van der Waals surface area (Å²) in [6.07, 6.45) is 9.85. The normalized spacial score (nSPS) is 13.5. The number of amides is 1. The summed E-state index contributed by atoms with van der Waals surface area (Å²) in [7, 11) is 0. The number of hydrogen-bond donors (Lipinski definition) is 1. The van der Waals surface area contributed by atoms with Crippen LogP contribution in [0, 0.1) is 0 Å². The standard InChI is InChI=1S/C22H25N3OS2/c1-2-3-6-15-9-11-16(12-10-15)25-19(26)13-27-21-20-17-7-4-5-8-18(17)28-22(20)24-14-23-21/h9-12,14H,2-8,13H2,1H3,(H,25,26). The average Bonchev–Trinajstić information content (AvgIpc) is 3.11. The highest BCUT2D eigenvalue weighted by Crippen LogP contribution is 2.39. The topological polar surface area (TPSA) is 54.9 Å². The number of benzene rings is 1. The van der Waals surface area contributed by atoms with Crippen molar-refractivity contribution >= 4 is 44.9 Å². The molecule has 6 heteroatoms. The summed E-state index contributed by atoms with van der Waals surface area (Å²) in [5.74, 6) is 0.357. The molecule has 0 radical (unpaired) electrons. The van der Waals surface area contributed by atoms with Crippen molar-refractivity contribution in [3.05, 3.63) is 46.6 Å². The minimum absolute atomic E-state index is 0.00201. The lowest BCUT2D eigenvalue weighted by atomic mass is 9.97. The van der Waals surface area contributed by atoms with Crippen LogP contribution in [-0.2, 0) is 24.1 Å². The second-order valence-corrected chi connectivity index (χ2v) is 9.25. The van der Waals surface area contributed by atoms with Crippen LogP contribution >= 0.6 is 23.1 Å². The molecule has 0 aliphatic heterocycles. The number of nitrogens with zero attached hydrogens (tertiary/aromatic N) is 2. The van der Waals surface area contributed by atoms with E-state index in [1.54, 1.807) is 17.7 Å². The highest BCUT2D eigenvalue weighted by atomic mass is 32.2. The molecule has 0 unspecified atom stereocenters. The first-order valence-electron chi connectivity index (χ1n) is 10.0. The van der Waals surface area contributed by atoms with Crippen molar-refractivity contribution in [2.45, 2.75) is 56.9 Å². The summed E-state index contributed by atoms with van der Waals surface area (Å²) < 4.78 is 0. The van der Waals surface area contributed by atoms with Crippen LogP contribution in [0.3, 0.4) is 0 Å². The minimum Gasteiger partial charge on any atom is -0.325 e. The lowest BCUT2D eigenvalue weighted by Crippen LogP contribution is -2.14. The van der Waals surface area contributed by atoms with Gasteiger partial charge in [-0.15, -0.1) is 11.3 Å². The maximum Gasteiger partial charge on any atom is 0.234 e. The Morgan fingerprint density at radius 3 is 2.82 bits per heavy atom. The molecule has 1 amide bonds. The number of aryl methyl sites for hydroxylation is 3. The van der Waals surface area contributed by atoms with Crippen molar-refractivity contribution in [1.82, 2.24) is 9.97 Å². The first-order chi connectivity index (χ1) is 13.7. The van der Waals surface area contributed by atoms with Gasteiger partial charge < -0.3 is 5.32 Å². The maximum absolute atomic E-state index is 12.4. The minimum atomic E-state index is 0.00201. The Hall–Kier alpha value is -1.92. The second-order valence-electron chi connectivity index (χ2n) is 7.21. The number of carbonyl (C=O) groups excluding carboxylic acids is 1. The molecule has 0 fully saturated rings. The number of thioether (sulfide) groups is 1. The van der Waals surface area contributed by atoms with Crippen molar-refractivity contribution in [2.75, 3.05) is 11.1 Å². The van der Waals surface area contributed by atoms with E-state index in [1.807, 2.05) is 12.1 Å². The number of aromatic nitrogens is 2. The Bertz CT molecular complexity index is 966. The Morgan fingerprint density at radius 1 is 1.18 bits per heavy atom. The maximum atomic E-state index is 12.4. The monoisotopic (exact) mass is 411 g/mol. The number of unbranched alkanes of at least 4 members (excludes halogenated alkanes) is 1. The van der Waals surface area contributed by atoms with Crippen molar-refractivity contribution in [3.8, 4) is 0 Å². The predicted molar refractivity (Wildman–Crippen MR) is 118 cm³/mol. The number of nitrogens with one attached hydrogen (secondary N) is 1. The molecule has 4 nitrogen and oxygen atoms in total. The van der Waals surface area contributed by atoms with Crippen LogP contribution in [0.5, 0.6) is 0 Å². The SMILES string of the molecule is CCCCc1ccc(NC(=O)CSc2ncnc3sc4c(c23)CCCC4)cc1. The third-order valence-corrected chi connectivity index (χ3v) is 7.30. The van der Waals surface area contributed by atoms with Gasteiger partial charge in [-0.25, -0.2) is 9.97 Å². The summed E-state index contributed by atoms with van der Waals surface area (Å²) in [6, 6.07) is 8.19. The first kappa shape index (κ1) is 19.4. The molecule has 4 rings (SSSR count). The molecule has 1 aromatic carbocycles. The van der Waals surface area contributed by atoms with E-state index in [9.17, 15) is 4.79 Å². The van der Waals surface area contributed by atoms with Crippen LogP contribution in [0.4, 0.5) is 5.69 Å². The predicted octanol–water partition coefficient (Wildman–Crippen LogP) is 5.64. The van der Waals surface area contributed by atoms with Gasteiger partial charge in [0.15, 0.2) is 0 Å². The molecule has 0 saturated heterocycles. The van der Waals surface area contributed by atoms with Gasteiger partial charge in [-0.1, -0.05) is 37.2 Å². The molecule has 1 N–H and O–H groups in total. The van der Waals surface area contributed by atoms with Crippen LogP contribution in [0.1, 0.15) is 48.6 Å². The van der Waals surface area contributed by atoms with Crippen LogP contribution in [-0.4, -0.2) is 21.6 Å². The molecule has 2 heterocycles. The van der Waals surface area contributed by atoms with Gasteiger partial charge in [0.2, 0.25) is 5.91 Å². The third-order valence-electron chi connectivity index (χ3n) is 5.11. The van der Waals surface area contributed by atoms with Crippen LogP contribution in [0.25, 0.3) is 10.2 Å². The summed E-state index contributed by atoms with van der Waals surface area (Å²) in [4.78, 5) is 23.9.